The first-order valence-electron chi connectivity index (χ1n) is 6.30. The number of hydrogen-bond donors (Lipinski definition) is 1. The van der Waals surface area contributed by atoms with Gasteiger partial charge in [0.15, 0.2) is 11.4 Å². The molecule has 20 heavy (non-hydrogen) atoms. The van der Waals surface area contributed by atoms with E-state index in [1.165, 1.54) is 6.20 Å². The van der Waals surface area contributed by atoms with Gasteiger partial charge in [-0.3, -0.25) is 0 Å². The lowest BCUT2D eigenvalue weighted by Gasteiger charge is -2.12. The molecule has 0 spiro atoms. The summed E-state index contributed by atoms with van der Waals surface area (Å²) in [4.78, 5) is 15.8. The molecule has 0 unspecified atom stereocenters. The summed E-state index contributed by atoms with van der Waals surface area (Å²) < 4.78 is 10.6. The van der Waals surface area contributed by atoms with Crippen molar-refractivity contribution in [1.82, 2.24) is 4.98 Å². The van der Waals surface area contributed by atoms with Crippen LogP contribution in [0.2, 0.25) is 0 Å². The lowest BCUT2D eigenvalue weighted by atomic mass is 10.2. The third-order valence-corrected chi connectivity index (χ3v) is 2.63. The quantitative estimate of drug-likeness (QED) is 0.846. The number of ether oxygens (including phenoxy) is 2. The van der Waals surface area contributed by atoms with Crippen LogP contribution in [0, 0.1) is 0 Å². The van der Waals surface area contributed by atoms with Crippen LogP contribution in [-0.2, 0) is 11.3 Å². The molecule has 0 saturated heterocycles. The Kier molecular flexibility index (Phi) is 4.55. The van der Waals surface area contributed by atoms with Crippen LogP contribution in [0.15, 0.2) is 42.6 Å². The molecule has 2 N–H and O–H groups in total. The van der Waals surface area contributed by atoms with Crippen LogP contribution in [-0.4, -0.2) is 17.6 Å². The van der Waals surface area contributed by atoms with Gasteiger partial charge in [-0.05, 0) is 18.6 Å². The van der Waals surface area contributed by atoms with E-state index in [0.29, 0.717) is 12.3 Å². The molecule has 0 radical (unpaired) electrons. The second kappa shape index (κ2) is 6.56. The molecule has 104 valence electrons. The van der Waals surface area contributed by atoms with Crippen LogP contribution in [0.5, 0.6) is 5.75 Å². The third-order valence-electron chi connectivity index (χ3n) is 2.63. The van der Waals surface area contributed by atoms with Crippen molar-refractivity contribution in [2.24, 2.45) is 0 Å². The van der Waals surface area contributed by atoms with E-state index in [-0.39, 0.29) is 18.1 Å². The summed E-state index contributed by atoms with van der Waals surface area (Å²) in [5, 5.41) is 0. The van der Waals surface area contributed by atoms with Gasteiger partial charge in [-0.1, -0.05) is 30.3 Å². The molecular formula is C15H16N2O3. The van der Waals surface area contributed by atoms with Gasteiger partial charge in [0.25, 0.3) is 0 Å². The van der Waals surface area contributed by atoms with Crippen LogP contribution in [0.3, 0.4) is 0 Å². The number of nitrogen functional groups attached to an aromatic ring is 1. The Bertz CT molecular complexity index is 585. The zero-order chi connectivity index (χ0) is 14.4. The fourth-order valence-corrected chi connectivity index (χ4v) is 1.69. The molecule has 0 bridgehead atoms. The van der Waals surface area contributed by atoms with Crippen LogP contribution < -0.4 is 10.5 Å². The largest absolute Gasteiger partial charge is 0.484 e. The Morgan fingerprint density at radius 1 is 1.25 bits per heavy atom. The van der Waals surface area contributed by atoms with Gasteiger partial charge < -0.3 is 15.2 Å². The second-order valence-corrected chi connectivity index (χ2v) is 4.07. The lowest BCUT2D eigenvalue weighted by molar-refractivity contribution is 0.0514. The molecular weight excluding hydrogens is 256 g/mol. The molecule has 5 heteroatoms. The number of anilines is 1. The maximum absolute atomic E-state index is 11.8. The topological polar surface area (TPSA) is 74.4 Å². The molecule has 2 rings (SSSR count). The van der Waals surface area contributed by atoms with E-state index < -0.39 is 5.97 Å². The summed E-state index contributed by atoms with van der Waals surface area (Å²) >= 11 is 0. The van der Waals surface area contributed by atoms with Crippen LogP contribution in [0.4, 0.5) is 5.69 Å². The van der Waals surface area contributed by atoms with Crippen molar-refractivity contribution >= 4 is 11.7 Å². The minimum Gasteiger partial charge on any atom is -0.484 e. The molecule has 2 aromatic rings. The minimum absolute atomic E-state index is 0.0998. The average Bonchev–Trinajstić information content (AvgIpc) is 2.47. The first kappa shape index (κ1) is 13.9. The fraction of sp³-hybridized carbons (Fsp3) is 0.200. The Balaban J connectivity index is 2.20. The number of nitrogens with zero attached hydrogens (tertiary/aromatic N) is 1. The fourth-order valence-electron chi connectivity index (χ4n) is 1.69. The molecule has 0 aliphatic carbocycles. The van der Waals surface area contributed by atoms with E-state index in [2.05, 4.69) is 4.98 Å². The zero-order valence-corrected chi connectivity index (χ0v) is 11.2. The van der Waals surface area contributed by atoms with E-state index in [9.17, 15) is 4.79 Å². The van der Waals surface area contributed by atoms with Gasteiger partial charge in [0.1, 0.15) is 6.61 Å². The Labute approximate surface area is 117 Å². The van der Waals surface area contributed by atoms with Crippen molar-refractivity contribution in [3.63, 3.8) is 0 Å². The number of benzene rings is 1. The van der Waals surface area contributed by atoms with Crippen LogP contribution in [0.25, 0.3) is 0 Å². The standard InChI is InChI=1S/C15H16N2O3/c1-2-19-15(18)13-14(12(16)8-9-17-13)20-10-11-6-4-3-5-7-11/h3-9H,2,10H2,1H3,(H2,16,17). The number of pyridine rings is 1. The highest BCUT2D eigenvalue weighted by atomic mass is 16.5. The molecule has 0 aliphatic rings. The predicted molar refractivity (Wildman–Crippen MR) is 75.4 cm³/mol. The van der Waals surface area contributed by atoms with E-state index in [1.54, 1.807) is 13.0 Å². The van der Waals surface area contributed by atoms with Crippen molar-refractivity contribution in [1.29, 1.82) is 0 Å². The Hall–Kier alpha value is -2.56. The zero-order valence-electron chi connectivity index (χ0n) is 11.2. The Morgan fingerprint density at radius 2 is 2.00 bits per heavy atom. The van der Waals surface area contributed by atoms with Crippen molar-refractivity contribution in [3.05, 3.63) is 53.9 Å². The van der Waals surface area contributed by atoms with Gasteiger partial charge >= 0.3 is 5.97 Å². The summed E-state index contributed by atoms with van der Waals surface area (Å²) in [6, 6.07) is 11.2. The van der Waals surface area contributed by atoms with Gasteiger partial charge in [-0.2, -0.15) is 0 Å². The highest BCUT2D eigenvalue weighted by Crippen LogP contribution is 2.26. The van der Waals surface area contributed by atoms with Gasteiger partial charge in [0, 0.05) is 6.20 Å². The molecule has 1 aromatic carbocycles. The van der Waals surface area contributed by atoms with E-state index in [4.69, 9.17) is 15.2 Å². The minimum atomic E-state index is -0.539. The smallest absolute Gasteiger partial charge is 0.360 e. The lowest BCUT2D eigenvalue weighted by Crippen LogP contribution is -2.11. The maximum Gasteiger partial charge on any atom is 0.360 e. The first-order chi connectivity index (χ1) is 9.72. The number of nitrogens with two attached hydrogens (primary N) is 1. The van der Waals surface area contributed by atoms with Gasteiger partial charge in [0.05, 0.1) is 12.3 Å². The number of hydrogen-bond acceptors (Lipinski definition) is 5. The molecule has 0 atom stereocenters. The molecule has 0 amide bonds. The summed E-state index contributed by atoms with van der Waals surface area (Å²) in [6.07, 6.45) is 1.46. The monoisotopic (exact) mass is 272 g/mol. The molecule has 0 aliphatic heterocycles. The predicted octanol–water partition coefficient (Wildman–Crippen LogP) is 2.42. The van der Waals surface area contributed by atoms with E-state index in [0.717, 1.165) is 5.56 Å². The highest BCUT2D eigenvalue weighted by Gasteiger charge is 2.18. The van der Waals surface area contributed by atoms with Gasteiger partial charge in [-0.25, -0.2) is 9.78 Å². The first-order valence-corrected chi connectivity index (χ1v) is 6.30. The molecule has 0 fully saturated rings. The maximum atomic E-state index is 11.8. The number of aromatic nitrogens is 1. The number of carbonyl (C=O) groups excluding carboxylic acids is 1. The number of rotatable bonds is 5. The van der Waals surface area contributed by atoms with Gasteiger partial charge in [-0.15, -0.1) is 0 Å². The van der Waals surface area contributed by atoms with Crippen molar-refractivity contribution < 1.29 is 14.3 Å². The summed E-state index contributed by atoms with van der Waals surface area (Å²) in [5.41, 5.74) is 7.28. The van der Waals surface area contributed by atoms with Crippen molar-refractivity contribution in [2.45, 2.75) is 13.5 Å². The van der Waals surface area contributed by atoms with Crippen LogP contribution >= 0.6 is 0 Å². The summed E-state index contributed by atoms with van der Waals surface area (Å²) in [7, 11) is 0. The van der Waals surface area contributed by atoms with E-state index >= 15 is 0 Å². The molecule has 0 saturated carbocycles. The molecule has 1 aromatic heterocycles. The highest BCUT2D eigenvalue weighted by molar-refractivity contribution is 5.92. The van der Waals surface area contributed by atoms with Gasteiger partial charge in [0.2, 0.25) is 0 Å². The third kappa shape index (κ3) is 3.26. The van der Waals surface area contributed by atoms with E-state index in [1.807, 2.05) is 30.3 Å². The molecule has 5 nitrogen and oxygen atoms in total. The van der Waals surface area contributed by atoms with Crippen molar-refractivity contribution in [2.75, 3.05) is 12.3 Å². The number of esters is 1. The molecule has 1 heterocycles. The summed E-state index contributed by atoms with van der Waals surface area (Å²) in [5.74, 6) is -0.280. The normalized spacial score (nSPS) is 10.1. The SMILES string of the molecule is CCOC(=O)c1nccc(N)c1OCc1ccccc1. The van der Waals surface area contributed by atoms with Crippen LogP contribution in [0.1, 0.15) is 23.0 Å². The second-order valence-electron chi connectivity index (χ2n) is 4.07. The number of carbonyl (C=O) groups is 1. The Morgan fingerprint density at radius 3 is 2.70 bits per heavy atom. The van der Waals surface area contributed by atoms with Crippen molar-refractivity contribution in [3.8, 4) is 5.75 Å². The summed E-state index contributed by atoms with van der Waals surface area (Å²) in [6.45, 7) is 2.31. The average molecular weight is 272 g/mol.